The minimum absolute atomic E-state index is 0.00614. The van der Waals surface area contributed by atoms with Gasteiger partial charge < -0.3 is 15.6 Å². The van der Waals surface area contributed by atoms with E-state index in [0.717, 1.165) is 12.8 Å². The summed E-state index contributed by atoms with van der Waals surface area (Å²) in [5.41, 5.74) is 5.46. The van der Waals surface area contributed by atoms with Gasteiger partial charge in [0.1, 0.15) is 0 Å². The first-order valence-electron chi connectivity index (χ1n) is 4.22. The quantitative estimate of drug-likeness (QED) is 0.448. The Morgan fingerprint density at radius 2 is 2.18 bits per heavy atom. The highest BCUT2D eigenvalue weighted by Gasteiger charge is 2.05. The van der Waals surface area contributed by atoms with Crippen molar-refractivity contribution < 1.29 is 9.84 Å². The lowest BCUT2D eigenvalue weighted by atomic mass is 10.2. The Hall–Kier alpha value is -0.120. The molecule has 3 heteroatoms. The molecule has 0 saturated carbocycles. The summed E-state index contributed by atoms with van der Waals surface area (Å²) in [6.07, 6.45) is 1.92. The van der Waals surface area contributed by atoms with Crippen LogP contribution in [-0.4, -0.2) is 24.0 Å². The Kier molecular flexibility index (Phi) is 6.51. The fraction of sp³-hybridized carbons (Fsp3) is 1.00. The van der Waals surface area contributed by atoms with Crippen molar-refractivity contribution in [3.05, 3.63) is 0 Å². The van der Waals surface area contributed by atoms with Crippen molar-refractivity contribution in [1.82, 2.24) is 0 Å². The second-order valence-electron chi connectivity index (χ2n) is 2.89. The van der Waals surface area contributed by atoms with Gasteiger partial charge in [-0.2, -0.15) is 0 Å². The van der Waals surface area contributed by atoms with Crippen LogP contribution in [0.2, 0.25) is 0 Å². The molecule has 2 atom stereocenters. The molecule has 0 fully saturated rings. The molecule has 3 nitrogen and oxygen atoms in total. The maximum atomic E-state index is 9.14. The average Bonchev–Trinajstić information content (AvgIpc) is 1.86. The van der Waals surface area contributed by atoms with E-state index in [1.807, 2.05) is 6.92 Å². The number of aliphatic hydroxyl groups excluding tert-OH is 1. The number of nitrogens with two attached hydrogens (primary N) is 1. The third kappa shape index (κ3) is 7.78. The van der Waals surface area contributed by atoms with Crippen molar-refractivity contribution in [3.8, 4) is 0 Å². The topological polar surface area (TPSA) is 55.5 Å². The lowest BCUT2D eigenvalue weighted by Gasteiger charge is -2.13. The Morgan fingerprint density at radius 3 is 2.64 bits per heavy atom. The van der Waals surface area contributed by atoms with Crippen molar-refractivity contribution in [2.24, 2.45) is 5.73 Å². The van der Waals surface area contributed by atoms with Gasteiger partial charge in [-0.05, 0) is 13.3 Å². The Balaban J connectivity index is 3.15. The third-order valence-corrected chi connectivity index (χ3v) is 1.38. The molecule has 0 aromatic rings. The normalized spacial score (nSPS) is 16.4. The fourth-order valence-corrected chi connectivity index (χ4v) is 0.750. The molecule has 0 aromatic heterocycles. The van der Waals surface area contributed by atoms with Gasteiger partial charge in [0.25, 0.3) is 0 Å². The molecule has 0 rings (SSSR count). The van der Waals surface area contributed by atoms with E-state index < -0.39 is 6.29 Å². The van der Waals surface area contributed by atoms with E-state index in [9.17, 15) is 0 Å². The molecule has 3 N–H and O–H groups in total. The van der Waals surface area contributed by atoms with Crippen molar-refractivity contribution in [2.75, 3.05) is 6.61 Å². The molecule has 0 spiro atoms. The Morgan fingerprint density at radius 1 is 1.55 bits per heavy atom. The minimum Gasteiger partial charge on any atom is -0.368 e. The van der Waals surface area contributed by atoms with Gasteiger partial charge in [0.15, 0.2) is 6.29 Å². The molecule has 0 aliphatic carbocycles. The molecule has 1 unspecified atom stereocenters. The van der Waals surface area contributed by atoms with Crippen LogP contribution in [0.25, 0.3) is 0 Å². The first-order chi connectivity index (χ1) is 5.16. The molecule has 0 saturated heterocycles. The van der Waals surface area contributed by atoms with E-state index in [0.29, 0.717) is 13.0 Å². The van der Waals surface area contributed by atoms with Crippen LogP contribution in [0.4, 0.5) is 0 Å². The molecule has 0 bridgehead atoms. The SMILES string of the molecule is CCCCO[C@@H](O)CC(C)N. The molecule has 11 heavy (non-hydrogen) atoms. The molecule has 68 valence electrons. The van der Waals surface area contributed by atoms with Gasteiger partial charge in [-0.15, -0.1) is 0 Å². The van der Waals surface area contributed by atoms with Crippen LogP contribution >= 0.6 is 0 Å². The van der Waals surface area contributed by atoms with Crippen molar-refractivity contribution in [1.29, 1.82) is 0 Å². The highest BCUT2D eigenvalue weighted by molar-refractivity contribution is 4.54. The summed E-state index contributed by atoms with van der Waals surface area (Å²) in [6.45, 7) is 4.57. The van der Waals surface area contributed by atoms with Gasteiger partial charge in [0.05, 0.1) is 0 Å². The Labute approximate surface area is 68.5 Å². The van der Waals surface area contributed by atoms with Crippen LogP contribution in [0.15, 0.2) is 0 Å². The van der Waals surface area contributed by atoms with Crippen molar-refractivity contribution in [3.63, 3.8) is 0 Å². The molecule has 0 aliphatic heterocycles. The van der Waals surface area contributed by atoms with E-state index in [1.165, 1.54) is 0 Å². The monoisotopic (exact) mass is 161 g/mol. The zero-order valence-corrected chi connectivity index (χ0v) is 7.42. The molecule has 0 radical (unpaired) electrons. The Bertz CT molecular complexity index is 86.2. The molecule has 0 amide bonds. The predicted octanol–water partition coefficient (Wildman–Crippen LogP) is 0.859. The molecular formula is C8H19NO2. The average molecular weight is 161 g/mol. The smallest absolute Gasteiger partial charge is 0.155 e. The van der Waals surface area contributed by atoms with Crippen LogP contribution in [0, 0.1) is 0 Å². The summed E-state index contributed by atoms with van der Waals surface area (Å²) in [5, 5.41) is 9.14. The molecule has 0 aromatic carbocycles. The first-order valence-corrected chi connectivity index (χ1v) is 4.22. The molecular weight excluding hydrogens is 142 g/mol. The standard InChI is InChI=1S/C8H19NO2/c1-3-4-5-11-8(10)6-7(2)9/h7-8,10H,3-6,9H2,1-2H3/t7?,8-/m1/s1. The first kappa shape index (κ1) is 10.9. The largest absolute Gasteiger partial charge is 0.368 e. The summed E-state index contributed by atoms with van der Waals surface area (Å²) in [7, 11) is 0. The lowest BCUT2D eigenvalue weighted by molar-refractivity contribution is -0.106. The number of unbranched alkanes of at least 4 members (excludes halogenated alkanes) is 1. The van der Waals surface area contributed by atoms with E-state index in [1.54, 1.807) is 0 Å². The van der Waals surface area contributed by atoms with Gasteiger partial charge in [0, 0.05) is 19.1 Å². The zero-order valence-electron chi connectivity index (χ0n) is 7.42. The van der Waals surface area contributed by atoms with Crippen LogP contribution in [0.3, 0.4) is 0 Å². The number of aliphatic hydroxyl groups is 1. The lowest BCUT2D eigenvalue weighted by Crippen LogP contribution is -2.24. The fourth-order valence-electron chi connectivity index (χ4n) is 0.750. The second kappa shape index (κ2) is 6.58. The number of hydrogen-bond acceptors (Lipinski definition) is 3. The maximum Gasteiger partial charge on any atom is 0.155 e. The van der Waals surface area contributed by atoms with Crippen LogP contribution < -0.4 is 5.73 Å². The van der Waals surface area contributed by atoms with E-state index in [-0.39, 0.29) is 6.04 Å². The summed E-state index contributed by atoms with van der Waals surface area (Å²) >= 11 is 0. The van der Waals surface area contributed by atoms with Crippen LogP contribution in [-0.2, 0) is 4.74 Å². The maximum absolute atomic E-state index is 9.14. The highest BCUT2D eigenvalue weighted by atomic mass is 16.6. The number of hydrogen-bond donors (Lipinski definition) is 2. The second-order valence-corrected chi connectivity index (χ2v) is 2.89. The van der Waals surface area contributed by atoms with Crippen molar-refractivity contribution in [2.45, 2.75) is 45.4 Å². The minimum atomic E-state index is -0.679. The molecule has 0 aliphatic rings. The predicted molar refractivity (Wildman–Crippen MR) is 45.1 cm³/mol. The van der Waals surface area contributed by atoms with E-state index in [2.05, 4.69) is 6.92 Å². The summed E-state index contributed by atoms with van der Waals surface area (Å²) in [5.74, 6) is 0. The highest BCUT2D eigenvalue weighted by Crippen LogP contribution is 1.99. The summed E-state index contributed by atoms with van der Waals surface area (Å²) < 4.78 is 5.07. The number of ether oxygens (including phenoxy) is 1. The van der Waals surface area contributed by atoms with Gasteiger partial charge >= 0.3 is 0 Å². The summed E-state index contributed by atoms with van der Waals surface area (Å²) in [4.78, 5) is 0. The van der Waals surface area contributed by atoms with E-state index in [4.69, 9.17) is 15.6 Å². The van der Waals surface area contributed by atoms with Gasteiger partial charge in [-0.25, -0.2) is 0 Å². The van der Waals surface area contributed by atoms with Crippen LogP contribution in [0.5, 0.6) is 0 Å². The number of rotatable bonds is 6. The van der Waals surface area contributed by atoms with Gasteiger partial charge in [-0.1, -0.05) is 13.3 Å². The summed E-state index contributed by atoms with van der Waals surface area (Å²) in [6, 6.07) is 0.00614. The molecule has 0 heterocycles. The van der Waals surface area contributed by atoms with Crippen LogP contribution in [0.1, 0.15) is 33.1 Å². The van der Waals surface area contributed by atoms with Crippen molar-refractivity contribution >= 4 is 0 Å². The van der Waals surface area contributed by atoms with Gasteiger partial charge in [-0.3, -0.25) is 0 Å². The van der Waals surface area contributed by atoms with Gasteiger partial charge in [0.2, 0.25) is 0 Å². The van der Waals surface area contributed by atoms with E-state index >= 15 is 0 Å². The third-order valence-electron chi connectivity index (χ3n) is 1.38. The zero-order chi connectivity index (χ0) is 8.69.